The van der Waals surface area contributed by atoms with E-state index in [1.54, 1.807) is 0 Å². The van der Waals surface area contributed by atoms with Crippen molar-refractivity contribution < 1.29 is 0 Å². The molecule has 0 aromatic carbocycles. The first-order chi connectivity index (χ1) is 7.13. The molecule has 0 aromatic rings. The van der Waals surface area contributed by atoms with Crippen molar-refractivity contribution in [1.82, 2.24) is 15.1 Å². The van der Waals surface area contributed by atoms with Crippen molar-refractivity contribution in [3.63, 3.8) is 0 Å². The number of nitrogens with one attached hydrogen (secondary N) is 1. The SMILES string of the molecule is CNC(C)CCCN1CCC(N(C)C)C1. The van der Waals surface area contributed by atoms with Crippen molar-refractivity contribution in [2.75, 3.05) is 40.8 Å². The molecule has 1 N–H and O–H groups in total. The Bertz CT molecular complexity index is 170. The van der Waals surface area contributed by atoms with Crippen LogP contribution in [0.2, 0.25) is 0 Å². The van der Waals surface area contributed by atoms with E-state index in [-0.39, 0.29) is 0 Å². The second-order valence-corrected chi connectivity index (χ2v) is 5.04. The molecular weight excluding hydrogens is 186 g/mol. The normalized spacial score (nSPS) is 25.0. The van der Waals surface area contributed by atoms with Crippen LogP contribution in [-0.2, 0) is 0 Å². The van der Waals surface area contributed by atoms with Gasteiger partial charge in [-0.2, -0.15) is 0 Å². The lowest BCUT2D eigenvalue weighted by atomic mass is 10.2. The molecule has 1 saturated heterocycles. The number of likely N-dealkylation sites (tertiary alicyclic amines) is 1. The van der Waals surface area contributed by atoms with Crippen LogP contribution in [0.1, 0.15) is 26.2 Å². The first kappa shape index (κ1) is 12.9. The molecule has 3 heteroatoms. The van der Waals surface area contributed by atoms with Crippen molar-refractivity contribution in [1.29, 1.82) is 0 Å². The van der Waals surface area contributed by atoms with E-state index in [1.807, 2.05) is 7.05 Å². The molecule has 1 rings (SSSR count). The van der Waals surface area contributed by atoms with Gasteiger partial charge >= 0.3 is 0 Å². The summed E-state index contributed by atoms with van der Waals surface area (Å²) in [6.07, 6.45) is 3.95. The third-order valence-electron chi connectivity index (χ3n) is 3.58. The first-order valence-corrected chi connectivity index (χ1v) is 6.19. The van der Waals surface area contributed by atoms with Crippen LogP contribution in [0.4, 0.5) is 0 Å². The lowest BCUT2D eigenvalue weighted by Gasteiger charge is -2.20. The van der Waals surface area contributed by atoms with Crippen LogP contribution in [0.3, 0.4) is 0 Å². The van der Waals surface area contributed by atoms with Gasteiger partial charge in [0.25, 0.3) is 0 Å². The Kier molecular flexibility index (Phi) is 5.58. The summed E-state index contributed by atoms with van der Waals surface area (Å²) >= 11 is 0. The second kappa shape index (κ2) is 6.46. The summed E-state index contributed by atoms with van der Waals surface area (Å²) in [6, 6.07) is 1.45. The Labute approximate surface area is 94.8 Å². The third kappa shape index (κ3) is 4.49. The Morgan fingerprint density at radius 1 is 1.47 bits per heavy atom. The van der Waals surface area contributed by atoms with Crippen LogP contribution in [0.15, 0.2) is 0 Å². The van der Waals surface area contributed by atoms with Gasteiger partial charge in [0, 0.05) is 18.6 Å². The standard InChI is InChI=1S/C12H27N3/c1-11(13-2)6-5-8-15-9-7-12(10-15)14(3)4/h11-13H,5-10H2,1-4H3. The van der Waals surface area contributed by atoms with Crippen LogP contribution in [-0.4, -0.2) is 62.7 Å². The lowest BCUT2D eigenvalue weighted by molar-refractivity contribution is 0.264. The molecule has 0 aliphatic carbocycles. The molecule has 1 fully saturated rings. The van der Waals surface area contributed by atoms with Gasteiger partial charge in [0.15, 0.2) is 0 Å². The average molecular weight is 213 g/mol. The molecule has 15 heavy (non-hydrogen) atoms. The summed E-state index contributed by atoms with van der Waals surface area (Å²) in [5.74, 6) is 0. The van der Waals surface area contributed by atoms with E-state index >= 15 is 0 Å². The molecule has 0 spiro atoms. The number of rotatable bonds is 6. The minimum absolute atomic E-state index is 0.664. The predicted octanol–water partition coefficient (Wildman–Crippen LogP) is 1.01. The summed E-state index contributed by atoms with van der Waals surface area (Å²) in [5.41, 5.74) is 0. The molecule has 1 heterocycles. The molecule has 1 aliphatic heterocycles. The molecular formula is C12H27N3. The quantitative estimate of drug-likeness (QED) is 0.710. The fourth-order valence-corrected chi connectivity index (χ4v) is 2.20. The van der Waals surface area contributed by atoms with Gasteiger partial charge < -0.3 is 15.1 Å². The topological polar surface area (TPSA) is 18.5 Å². The summed E-state index contributed by atoms with van der Waals surface area (Å²) < 4.78 is 0. The molecule has 3 nitrogen and oxygen atoms in total. The number of hydrogen-bond acceptors (Lipinski definition) is 3. The zero-order valence-electron chi connectivity index (χ0n) is 10.8. The van der Waals surface area contributed by atoms with E-state index in [0.29, 0.717) is 6.04 Å². The van der Waals surface area contributed by atoms with Crippen LogP contribution >= 0.6 is 0 Å². The Hall–Kier alpha value is -0.120. The summed E-state index contributed by atoms with van der Waals surface area (Å²) in [7, 11) is 6.43. The molecule has 1 aliphatic rings. The predicted molar refractivity (Wildman–Crippen MR) is 66.3 cm³/mol. The lowest BCUT2D eigenvalue weighted by Crippen LogP contribution is -2.32. The zero-order valence-corrected chi connectivity index (χ0v) is 10.8. The fraction of sp³-hybridized carbons (Fsp3) is 1.00. The highest BCUT2D eigenvalue weighted by molar-refractivity contribution is 4.80. The first-order valence-electron chi connectivity index (χ1n) is 6.19. The van der Waals surface area contributed by atoms with E-state index in [4.69, 9.17) is 0 Å². The molecule has 0 bridgehead atoms. The molecule has 90 valence electrons. The van der Waals surface area contributed by atoms with Crippen LogP contribution in [0.25, 0.3) is 0 Å². The Morgan fingerprint density at radius 3 is 2.73 bits per heavy atom. The smallest absolute Gasteiger partial charge is 0.0229 e. The maximum absolute atomic E-state index is 3.29. The van der Waals surface area contributed by atoms with Gasteiger partial charge in [-0.3, -0.25) is 0 Å². The summed E-state index contributed by atoms with van der Waals surface area (Å²) in [6.45, 7) is 6.08. The van der Waals surface area contributed by atoms with Crippen molar-refractivity contribution >= 4 is 0 Å². The average Bonchev–Trinajstić information content (AvgIpc) is 2.66. The van der Waals surface area contributed by atoms with Gasteiger partial charge in [-0.05, 0) is 60.4 Å². The minimum atomic E-state index is 0.664. The third-order valence-corrected chi connectivity index (χ3v) is 3.58. The van der Waals surface area contributed by atoms with Gasteiger partial charge in [0.1, 0.15) is 0 Å². The fourth-order valence-electron chi connectivity index (χ4n) is 2.20. The molecule has 2 atom stereocenters. The van der Waals surface area contributed by atoms with Gasteiger partial charge in [-0.1, -0.05) is 0 Å². The van der Waals surface area contributed by atoms with Crippen molar-refractivity contribution in [3.8, 4) is 0 Å². The number of hydrogen-bond donors (Lipinski definition) is 1. The van der Waals surface area contributed by atoms with Crippen LogP contribution < -0.4 is 5.32 Å². The van der Waals surface area contributed by atoms with E-state index < -0.39 is 0 Å². The highest BCUT2D eigenvalue weighted by atomic mass is 15.2. The van der Waals surface area contributed by atoms with E-state index in [2.05, 4.69) is 36.1 Å². The maximum atomic E-state index is 3.29. The van der Waals surface area contributed by atoms with E-state index in [0.717, 1.165) is 6.04 Å². The summed E-state index contributed by atoms with van der Waals surface area (Å²) in [5, 5.41) is 3.29. The molecule has 0 saturated carbocycles. The molecule has 2 unspecified atom stereocenters. The Morgan fingerprint density at radius 2 is 2.20 bits per heavy atom. The second-order valence-electron chi connectivity index (χ2n) is 5.04. The molecule has 0 aromatic heterocycles. The van der Waals surface area contributed by atoms with E-state index in [1.165, 1.54) is 38.9 Å². The van der Waals surface area contributed by atoms with Gasteiger partial charge in [0.2, 0.25) is 0 Å². The minimum Gasteiger partial charge on any atom is -0.317 e. The largest absolute Gasteiger partial charge is 0.317 e. The van der Waals surface area contributed by atoms with Crippen LogP contribution in [0.5, 0.6) is 0 Å². The van der Waals surface area contributed by atoms with E-state index in [9.17, 15) is 0 Å². The van der Waals surface area contributed by atoms with Crippen LogP contribution in [0, 0.1) is 0 Å². The number of likely N-dealkylation sites (N-methyl/N-ethyl adjacent to an activating group) is 1. The highest BCUT2D eigenvalue weighted by Crippen LogP contribution is 2.13. The molecule has 0 amide bonds. The monoisotopic (exact) mass is 213 g/mol. The number of nitrogens with zero attached hydrogens (tertiary/aromatic N) is 2. The van der Waals surface area contributed by atoms with Gasteiger partial charge in [-0.25, -0.2) is 0 Å². The van der Waals surface area contributed by atoms with Crippen molar-refractivity contribution in [2.24, 2.45) is 0 Å². The summed E-state index contributed by atoms with van der Waals surface area (Å²) in [4.78, 5) is 4.96. The van der Waals surface area contributed by atoms with Crippen molar-refractivity contribution in [2.45, 2.75) is 38.3 Å². The van der Waals surface area contributed by atoms with Gasteiger partial charge in [0.05, 0.1) is 0 Å². The Balaban J connectivity index is 2.09. The van der Waals surface area contributed by atoms with Gasteiger partial charge in [-0.15, -0.1) is 0 Å². The maximum Gasteiger partial charge on any atom is 0.0229 e. The zero-order chi connectivity index (χ0) is 11.3. The van der Waals surface area contributed by atoms with Crippen molar-refractivity contribution in [3.05, 3.63) is 0 Å². The highest BCUT2D eigenvalue weighted by Gasteiger charge is 2.23. The molecule has 0 radical (unpaired) electrons.